The number of nitrogen functional groups attached to an aromatic ring is 1. The Morgan fingerprint density at radius 3 is 2.23 bits per heavy atom. The topological polar surface area (TPSA) is 305 Å². The quantitative estimate of drug-likeness (QED) is 0.107. The largest absolute Gasteiger partial charge is 0.387 e. The number of hydrogen-bond acceptors (Lipinski definition) is 15. The molecule has 44 heavy (non-hydrogen) atoms. The van der Waals surface area contributed by atoms with E-state index in [2.05, 4.69) is 15.0 Å². The van der Waals surface area contributed by atoms with Gasteiger partial charge in [0, 0.05) is 5.56 Å². The molecule has 240 valence electrons. The lowest BCUT2D eigenvalue weighted by Gasteiger charge is -2.21. The van der Waals surface area contributed by atoms with Crippen LogP contribution in [0.15, 0.2) is 36.9 Å². The van der Waals surface area contributed by atoms with E-state index < -0.39 is 89.2 Å². The summed E-state index contributed by atoms with van der Waals surface area (Å²) in [7, 11) is -9.73. The highest BCUT2D eigenvalue weighted by molar-refractivity contribution is 7.70. The molecule has 4 unspecified atom stereocenters. The fraction of sp³-hybridized carbons (Fsp3) is 0.478. The van der Waals surface area contributed by atoms with Gasteiger partial charge in [-0.2, -0.15) is 0 Å². The number of hydrogen-bond donors (Lipinski definition) is 8. The molecule has 21 heteroatoms. The summed E-state index contributed by atoms with van der Waals surface area (Å²) >= 11 is 0. The Kier molecular flexibility index (Phi) is 9.21. The Hall–Kier alpha value is -2.90. The van der Waals surface area contributed by atoms with Crippen molar-refractivity contribution in [2.24, 2.45) is 5.73 Å². The number of benzene rings is 1. The van der Waals surface area contributed by atoms with Crippen LogP contribution in [0.5, 0.6) is 0 Å². The summed E-state index contributed by atoms with van der Waals surface area (Å²) in [6.07, 6.45) is -8.86. The van der Waals surface area contributed by atoms with Gasteiger partial charge < -0.3 is 60.2 Å². The minimum absolute atomic E-state index is 0.0681. The third kappa shape index (κ3) is 6.69. The van der Waals surface area contributed by atoms with Crippen LogP contribution in [0, 0.1) is 0 Å². The molecule has 2 aliphatic heterocycles. The molecule has 1 amide bonds. The molecule has 19 nitrogen and oxygen atoms in total. The zero-order valence-corrected chi connectivity index (χ0v) is 24.4. The Morgan fingerprint density at radius 1 is 0.932 bits per heavy atom. The average molecular weight is 660 g/mol. The lowest BCUT2D eigenvalue weighted by atomic mass is 10.00. The molecular formula is C23H30N6O13P2. The molecule has 2 aliphatic rings. The van der Waals surface area contributed by atoms with Crippen LogP contribution in [0.25, 0.3) is 11.2 Å². The molecule has 0 bridgehead atoms. The van der Waals surface area contributed by atoms with E-state index in [-0.39, 0.29) is 22.5 Å². The normalized spacial score (nSPS) is 31.6. The van der Waals surface area contributed by atoms with E-state index >= 15 is 0 Å². The zero-order chi connectivity index (χ0) is 32.0. The van der Waals surface area contributed by atoms with Crippen LogP contribution >= 0.6 is 15.2 Å². The molecule has 2 saturated heterocycles. The van der Waals surface area contributed by atoms with Crippen molar-refractivity contribution in [1.29, 1.82) is 0 Å². The molecular weight excluding hydrogens is 630 g/mol. The van der Waals surface area contributed by atoms with Crippen LogP contribution in [0.3, 0.4) is 0 Å². The van der Waals surface area contributed by atoms with Gasteiger partial charge in [0.1, 0.15) is 54.6 Å². The van der Waals surface area contributed by atoms with E-state index in [0.29, 0.717) is 5.56 Å². The summed E-state index contributed by atoms with van der Waals surface area (Å²) in [5.74, 6) is -2.04. The molecule has 0 radical (unpaired) electrons. The van der Waals surface area contributed by atoms with Crippen LogP contribution in [0.2, 0.25) is 0 Å². The summed E-state index contributed by atoms with van der Waals surface area (Å²) < 4.78 is 47.6. The molecule has 4 heterocycles. The molecule has 3 aromatic rings. The van der Waals surface area contributed by atoms with Crippen molar-refractivity contribution < 1.29 is 62.7 Å². The number of aliphatic hydroxyl groups is 4. The van der Waals surface area contributed by atoms with Gasteiger partial charge in [-0.05, 0) is 17.7 Å². The highest BCUT2D eigenvalue weighted by atomic mass is 31.2. The van der Waals surface area contributed by atoms with Gasteiger partial charge >= 0.3 is 15.2 Å². The molecule has 0 saturated carbocycles. The number of nitrogens with two attached hydrogens (primary N) is 2. The number of carbonyl (C=O) groups is 1. The second-order valence-electron chi connectivity index (χ2n) is 10.2. The minimum Gasteiger partial charge on any atom is -0.387 e. The number of primary amides is 1. The number of carbonyl (C=O) groups excluding carboxylic acids is 1. The molecule has 10 N–H and O–H groups in total. The van der Waals surface area contributed by atoms with Crippen LogP contribution < -0.4 is 11.5 Å². The maximum atomic E-state index is 12.7. The van der Waals surface area contributed by atoms with Crippen molar-refractivity contribution in [2.75, 3.05) is 24.9 Å². The van der Waals surface area contributed by atoms with Gasteiger partial charge in [-0.1, -0.05) is 12.1 Å². The molecule has 1 aromatic carbocycles. The highest BCUT2D eigenvalue weighted by Crippen LogP contribution is 2.58. The summed E-state index contributed by atoms with van der Waals surface area (Å²) in [6, 6.07) is 5.80. The van der Waals surface area contributed by atoms with Crippen molar-refractivity contribution >= 4 is 38.1 Å². The maximum absolute atomic E-state index is 12.7. The lowest BCUT2D eigenvalue weighted by molar-refractivity contribution is -0.0484. The number of nitrogens with zero attached hydrogens (tertiary/aromatic N) is 4. The summed E-state index contributed by atoms with van der Waals surface area (Å²) in [4.78, 5) is 43.8. The summed E-state index contributed by atoms with van der Waals surface area (Å²) in [5, 5.41) is 41.8. The minimum atomic E-state index is -4.87. The Bertz CT molecular complexity index is 1630. The first-order valence-electron chi connectivity index (χ1n) is 13.0. The number of amides is 1. The van der Waals surface area contributed by atoms with E-state index in [9.17, 15) is 44.1 Å². The van der Waals surface area contributed by atoms with E-state index in [1.165, 1.54) is 35.2 Å². The maximum Gasteiger partial charge on any atom is 0.340 e. The number of ether oxygens (including phenoxy) is 2. The smallest absolute Gasteiger partial charge is 0.340 e. The van der Waals surface area contributed by atoms with Gasteiger partial charge in [-0.3, -0.25) is 18.5 Å². The van der Waals surface area contributed by atoms with Gasteiger partial charge in [0.05, 0.1) is 19.5 Å². The zero-order valence-electron chi connectivity index (χ0n) is 22.6. The number of imidazole rings is 1. The van der Waals surface area contributed by atoms with Crippen LogP contribution in [-0.4, -0.2) is 111 Å². The molecule has 5 rings (SSSR count). The van der Waals surface area contributed by atoms with E-state index in [1.807, 2.05) is 0 Å². The van der Waals surface area contributed by atoms with Crippen LogP contribution in [0.1, 0.15) is 28.3 Å². The first-order chi connectivity index (χ1) is 20.7. The Labute approximate surface area is 248 Å². The molecule has 0 spiro atoms. The van der Waals surface area contributed by atoms with Gasteiger partial charge in [-0.15, -0.1) is 0 Å². The Morgan fingerprint density at radius 2 is 1.57 bits per heavy atom. The number of aliphatic hydroxyl groups excluding tert-OH is 4. The van der Waals surface area contributed by atoms with Crippen LogP contribution in [-0.2, 0) is 27.7 Å². The van der Waals surface area contributed by atoms with Gasteiger partial charge in [-0.25, -0.2) is 15.0 Å². The number of rotatable bonds is 11. The fourth-order valence-electron chi connectivity index (χ4n) is 4.87. The van der Waals surface area contributed by atoms with Crippen molar-refractivity contribution in [2.45, 2.75) is 49.0 Å². The molecule has 2 fully saturated rings. The van der Waals surface area contributed by atoms with E-state index in [0.717, 1.165) is 6.33 Å². The second-order valence-corrected chi connectivity index (χ2v) is 14.4. The summed E-state index contributed by atoms with van der Waals surface area (Å²) in [6.45, 7) is -1.53. The second kappa shape index (κ2) is 12.5. The average Bonchev–Trinajstić information content (AvgIpc) is 3.61. The fourth-order valence-corrected chi connectivity index (χ4v) is 8.09. The first-order valence-corrected chi connectivity index (χ1v) is 16.5. The third-order valence-corrected chi connectivity index (χ3v) is 11.1. The van der Waals surface area contributed by atoms with Gasteiger partial charge in [0.2, 0.25) is 5.91 Å². The number of fused-ring (bicyclic) bond motifs is 1. The SMILES string of the molecule is NC(=O)c1cccc([C@@H]2O[C@H](COP(=O)(O)CP(=O)(O)OC[C@H]3O[C@@H](n4cnc5c(N)ncnc54)C(O)[C@H]3O)[C@H](O)C2O)c1. The highest BCUT2D eigenvalue weighted by Gasteiger charge is 2.47. The Balaban J connectivity index is 1.16. The van der Waals surface area contributed by atoms with Gasteiger partial charge in [0.15, 0.2) is 23.6 Å². The van der Waals surface area contributed by atoms with Crippen molar-refractivity contribution in [1.82, 2.24) is 19.5 Å². The lowest BCUT2D eigenvalue weighted by Crippen LogP contribution is -2.33. The monoisotopic (exact) mass is 660 g/mol. The van der Waals surface area contributed by atoms with Crippen LogP contribution in [0.4, 0.5) is 5.82 Å². The molecule has 0 aliphatic carbocycles. The van der Waals surface area contributed by atoms with Crippen molar-refractivity contribution in [3.05, 3.63) is 48.0 Å². The standard InChI is InChI=1S/C23H30N6O13P2/c24-20-14-22(27-7-26-20)29(8-28-14)23-18(33)16(31)13(42-23)6-40-44(37,38)9-43(35,36)39-5-12-15(30)17(32)19(41-12)10-2-1-3-11(4-10)21(25)34/h1-4,7-8,12-13,15-19,23,30-33H,5-6,9H2,(H2,25,34)(H,35,36)(H,37,38)(H2,24,26,27)/t12-,13-,15+,16+,17?,18?,19+,23-/m1/s1. The summed E-state index contributed by atoms with van der Waals surface area (Å²) in [5.41, 5.74) is 11.9. The number of anilines is 1. The predicted molar refractivity (Wildman–Crippen MR) is 147 cm³/mol. The first kappa shape index (κ1) is 32.5. The van der Waals surface area contributed by atoms with E-state index in [1.54, 1.807) is 0 Å². The number of aromatic nitrogens is 4. The van der Waals surface area contributed by atoms with Gasteiger partial charge in [0.25, 0.3) is 0 Å². The molecule has 10 atom stereocenters. The van der Waals surface area contributed by atoms with Crippen molar-refractivity contribution in [3.63, 3.8) is 0 Å². The van der Waals surface area contributed by atoms with Crippen molar-refractivity contribution in [3.8, 4) is 0 Å². The predicted octanol–water partition coefficient (Wildman–Crippen LogP) is -1.65. The van der Waals surface area contributed by atoms with E-state index in [4.69, 9.17) is 30.0 Å². The molecule has 2 aromatic heterocycles. The third-order valence-electron chi connectivity index (χ3n) is 7.10.